The van der Waals surface area contributed by atoms with Gasteiger partial charge in [0.2, 0.25) is 0 Å². The molecule has 0 aliphatic carbocycles. The van der Waals surface area contributed by atoms with Crippen LogP contribution in [0.4, 0.5) is 0 Å². The van der Waals surface area contributed by atoms with Crippen molar-refractivity contribution in [2.24, 2.45) is 0 Å². The first-order valence-electron chi connectivity index (χ1n) is 8.61. The number of ether oxygens (including phenoxy) is 1. The third-order valence-electron chi connectivity index (χ3n) is 4.64. The van der Waals surface area contributed by atoms with Crippen LogP contribution in [0.3, 0.4) is 0 Å². The maximum atomic E-state index is 13.0. The molecule has 0 N–H and O–H groups in total. The molecule has 1 fully saturated rings. The number of hydrogen-bond donors (Lipinski definition) is 0. The van der Waals surface area contributed by atoms with Gasteiger partial charge in [0.15, 0.2) is 4.90 Å². The van der Waals surface area contributed by atoms with E-state index in [4.69, 9.17) is 4.74 Å². The Bertz CT molecular complexity index is 1030. The molecule has 0 saturated carbocycles. The highest BCUT2D eigenvalue weighted by Crippen LogP contribution is 2.35. The molecular weight excluding hydrogens is 697 g/mol. The number of fused-ring (bicyclic) bond motifs is 1. The molecule has 0 unspecified atom stereocenters. The minimum absolute atomic E-state index is 0.288. The fourth-order valence-electron chi connectivity index (χ4n) is 3.32. The van der Waals surface area contributed by atoms with Gasteiger partial charge in [0.25, 0.3) is 0 Å². The molecule has 0 amide bonds. The van der Waals surface area contributed by atoms with E-state index >= 15 is 0 Å². The maximum absolute atomic E-state index is 13.0. The number of halogens is 3. The Kier molecular flexibility index (Phi) is 6.55. The Hall–Kier alpha value is -0.0700. The monoisotopic (exact) mass is 713 g/mol. The lowest BCUT2D eigenvalue weighted by atomic mass is 10.1. The number of esters is 1. The topological polar surface area (TPSA) is 26.3 Å². The van der Waals surface area contributed by atoms with Gasteiger partial charge in [-0.3, -0.25) is 0 Å². The van der Waals surface area contributed by atoms with E-state index in [-0.39, 0.29) is 5.97 Å². The molecule has 0 radical (unpaired) electrons. The van der Waals surface area contributed by atoms with Crippen molar-refractivity contribution >= 4 is 95.4 Å². The van der Waals surface area contributed by atoms with Crippen LogP contribution in [0.2, 0.25) is 0 Å². The molecule has 3 aromatic carbocycles. The number of hydrogen-bond acceptors (Lipinski definition) is 2. The number of carbonyl (C=O) groups excluding carboxylic acids is 1. The van der Waals surface area contributed by atoms with E-state index in [9.17, 15) is 4.79 Å². The average Bonchev–Trinajstić information content (AvgIpc) is 3.20. The second-order valence-corrected chi connectivity index (χ2v) is 12.0. The third-order valence-corrected chi connectivity index (χ3v) is 11.1. The van der Waals surface area contributed by atoms with Crippen LogP contribution >= 0.6 is 67.8 Å². The summed E-state index contributed by atoms with van der Waals surface area (Å²) in [4.78, 5) is 14.4. The summed E-state index contributed by atoms with van der Waals surface area (Å²) in [6.45, 7) is 0. The minimum atomic E-state index is -0.288. The molecule has 4 rings (SSSR count). The summed E-state index contributed by atoms with van der Waals surface area (Å²) in [5, 5.41) is 2.25. The van der Waals surface area contributed by atoms with Crippen molar-refractivity contribution < 1.29 is 9.53 Å². The van der Waals surface area contributed by atoms with E-state index in [0.717, 1.165) is 16.1 Å². The molecule has 0 spiro atoms. The standard InChI is InChI=1S/C21H16I3O2S/c22-15-7-8-16(23)20(24)19(15)21(25)26-17-9-10-18(27-11-3-4-12-27)14-6-2-1-5-13(14)17/h1-2,5-10H,3-4,11-12H2/q+1. The van der Waals surface area contributed by atoms with E-state index in [1.807, 2.05) is 24.3 Å². The van der Waals surface area contributed by atoms with Crippen LogP contribution in [0.15, 0.2) is 53.4 Å². The van der Waals surface area contributed by atoms with Gasteiger partial charge in [-0.1, -0.05) is 18.2 Å². The smallest absolute Gasteiger partial charge is 0.345 e. The molecular formula is C21H16I3O2S+. The van der Waals surface area contributed by atoms with Gasteiger partial charge >= 0.3 is 5.97 Å². The quantitative estimate of drug-likeness (QED) is 0.100. The summed E-state index contributed by atoms with van der Waals surface area (Å²) in [5.74, 6) is 2.92. The van der Waals surface area contributed by atoms with Crippen LogP contribution in [-0.4, -0.2) is 17.5 Å². The van der Waals surface area contributed by atoms with Crippen molar-refractivity contribution in [3.8, 4) is 5.75 Å². The first-order chi connectivity index (χ1) is 13.1. The second kappa shape index (κ2) is 8.74. The summed E-state index contributed by atoms with van der Waals surface area (Å²) < 4.78 is 8.81. The van der Waals surface area contributed by atoms with Gasteiger partial charge in [0, 0.05) is 32.4 Å². The summed E-state index contributed by atoms with van der Waals surface area (Å²) in [6.07, 6.45) is 2.63. The zero-order valence-corrected chi connectivity index (χ0v) is 21.6. The van der Waals surface area contributed by atoms with Gasteiger partial charge < -0.3 is 4.74 Å². The van der Waals surface area contributed by atoms with Crippen molar-refractivity contribution in [2.75, 3.05) is 11.5 Å². The van der Waals surface area contributed by atoms with Gasteiger partial charge in [0.05, 0.1) is 5.56 Å². The summed E-state index contributed by atoms with van der Waals surface area (Å²) in [6, 6.07) is 16.4. The van der Waals surface area contributed by atoms with E-state index in [0.29, 0.717) is 22.2 Å². The molecule has 1 aliphatic heterocycles. The molecule has 1 saturated heterocycles. The highest BCUT2D eigenvalue weighted by molar-refractivity contribution is 14.1. The van der Waals surface area contributed by atoms with E-state index in [2.05, 4.69) is 92.0 Å². The largest absolute Gasteiger partial charge is 0.422 e. The molecule has 1 heterocycles. The summed E-state index contributed by atoms with van der Waals surface area (Å²) in [7, 11) is 0.324. The molecule has 3 aromatic rings. The summed E-state index contributed by atoms with van der Waals surface area (Å²) >= 11 is 6.68. The average molecular weight is 713 g/mol. The Balaban J connectivity index is 1.74. The van der Waals surface area contributed by atoms with Crippen LogP contribution in [0.25, 0.3) is 10.8 Å². The Morgan fingerprint density at radius 1 is 0.852 bits per heavy atom. The third kappa shape index (κ3) is 4.13. The molecule has 6 heteroatoms. The lowest BCUT2D eigenvalue weighted by Crippen LogP contribution is -2.14. The van der Waals surface area contributed by atoms with Gasteiger partial charge in [-0.25, -0.2) is 4.79 Å². The lowest BCUT2D eigenvalue weighted by molar-refractivity contribution is 0.0734. The van der Waals surface area contributed by atoms with Crippen LogP contribution in [0.1, 0.15) is 23.2 Å². The molecule has 2 nitrogen and oxygen atoms in total. The van der Waals surface area contributed by atoms with E-state index < -0.39 is 0 Å². The van der Waals surface area contributed by atoms with Crippen molar-refractivity contribution in [3.63, 3.8) is 0 Å². The van der Waals surface area contributed by atoms with Gasteiger partial charge in [0.1, 0.15) is 17.3 Å². The van der Waals surface area contributed by atoms with Crippen molar-refractivity contribution in [3.05, 3.63) is 64.8 Å². The highest BCUT2D eigenvalue weighted by atomic mass is 127. The van der Waals surface area contributed by atoms with Crippen molar-refractivity contribution in [1.29, 1.82) is 0 Å². The number of rotatable bonds is 3. The molecule has 1 aliphatic rings. The van der Waals surface area contributed by atoms with Crippen LogP contribution in [0, 0.1) is 10.7 Å². The van der Waals surface area contributed by atoms with Gasteiger partial charge in [-0.2, -0.15) is 0 Å². The predicted molar refractivity (Wildman–Crippen MR) is 138 cm³/mol. The Morgan fingerprint density at radius 2 is 1.52 bits per heavy atom. The number of benzene rings is 3. The predicted octanol–water partition coefficient (Wildman–Crippen LogP) is 6.64. The molecule has 0 atom stereocenters. The van der Waals surface area contributed by atoms with Crippen LogP contribution < -0.4 is 4.74 Å². The number of carbonyl (C=O) groups is 1. The fraction of sp³-hybridized carbons (Fsp3) is 0.190. The normalized spacial score (nSPS) is 14.6. The van der Waals surface area contributed by atoms with Gasteiger partial charge in [-0.15, -0.1) is 0 Å². The fourth-order valence-corrected chi connectivity index (χ4v) is 8.15. The molecule has 0 bridgehead atoms. The van der Waals surface area contributed by atoms with Crippen molar-refractivity contribution in [2.45, 2.75) is 17.7 Å². The first kappa shape index (κ1) is 20.2. The Labute approximate surface area is 202 Å². The van der Waals surface area contributed by atoms with Gasteiger partial charge in [-0.05, 0) is 111 Å². The molecule has 27 heavy (non-hydrogen) atoms. The van der Waals surface area contributed by atoms with Crippen LogP contribution in [0.5, 0.6) is 5.75 Å². The van der Waals surface area contributed by atoms with Crippen molar-refractivity contribution in [1.82, 2.24) is 0 Å². The molecule has 0 aromatic heterocycles. The SMILES string of the molecule is O=C(Oc1ccc([S+]2CCCC2)c2ccccc12)c1c(I)ccc(I)c1I. The zero-order chi connectivity index (χ0) is 19.0. The van der Waals surface area contributed by atoms with E-state index in [1.54, 1.807) is 0 Å². The zero-order valence-electron chi connectivity index (χ0n) is 14.3. The molecule has 138 valence electrons. The highest BCUT2D eigenvalue weighted by Gasteiger charge is 2.29. The van der Waals surface area contributed by atoms with E-state index in [1.165, 1.54) is 34.6 Å². The Morgan fingerprint density at radius 3 is 2.26 bits per heavy atom. The maximum Gasteiger partial charge on any atom is 0.345 e. The second-order valence-electron chi connectivity index (χ2n) is 6.32. The minimum Gasteiger partial charge on any atom is -0.422 e. The van der Waals surface area contributed by atoms with Crippen LogP contribution in [-0.2, 0) is 10.9 Å². The first-order valence-corrected chi connectivity index (χ1v) is 13.4. The summed E-state index contributed by atoms with van der Waals surface area (Å²) in [5.41, 5.74) is 0.647. The lowest BCUT2D eigenvalue weighted by Gasteiger charge is -2.12.